The minimum Gasteiger partial charge on any atom is -0.466 e. The van der Waals surface area contributed by atoms with E-state index in [0.717, 1.165) is 0 Å². The quantitative estimate of drug-likeness (QED) is 0.360. The molecule has 8 heteroatoms. The highest BCUT2D eigenvalue weighted by Crippen LogP contribution is 2.32. The van der Waals surface area contributed by atoms with Gasteiger partial charge in [0, 0.05) is 37.7 Å². The number of nitro benzene ring substituents is 1. The molecule has 0 spiro atoms. The molecule has 1 aromatic carbocycles. The number of anilines is 1. The van der Waals surface area contributed by atoms with E-state index in [0.29, 0.717) is 43.7 Å². The van der Waals surface area contributed by atoms with Crippen molar-refractivity contribution in [2.75, 3.05) is 31.6 Å². The van der Waals surface area contributed by atoms with Crippen molar-refractivity contribution in [2.45, 2.75) is 19.8 Å². The molecule has 0 atom stereocenters. The third-order valence-electron chi connectivity index (χ3n) is 4.37. The zero-order chi connectivity index (χ0) is 19.1. The Hall–Kier alpha value is -2.90. The lowest BCUT2D eigenvalue weighted by molar-refractivity contribution is -0.384. The van der Waals surface area contributed by atoms with Crippen molar-refractivity contribution in [3.05, 3.63) is 40.0 Å². The highest BCUT2D eigenvalue weighted by atomic mass is 16.6. The van der Waals surface area contributed by atoms with Crippen LogP contribution < -0.4 is 10.2 Å². The standard InChI is InChI=1S/C18H23N3O5/c1-3-19-18(23)14-8-10-20(11-9-14)15-6-4-13(5-7-17(22)26-2)12-16(15)21(24)25/h4-7,12,14H,3,8-11H2,1-2H3,(H,19,23). The number of piperidine rings is 1. The fourth-order valence-corrected chi connectivity index (χ4v) is 2.99. The molecule has 0 radical (unpaired) electrons. The molecular weight excluding hydrogens is 338 g/mol. The molecule has 2 rings (SSSR count). The van der Waals surface area contributed by atoms with Crippen LogP contribution in [0.2, 0.25) is 0 Å². The average Bonchev–Trinajstić information content (AvgIpc) is 2.66. The number of hydrogen-bond acceptors (Lipinski definition) is 6. The second-order valence-corrected chi connectivity index (χ2v) is 6.02. The summed E-state index contributed by atoms with van der Waals surface area (Å²) in [6.45, 7) is 3.65. The van der Waals surface area contributed by atoms with Gasteiger partial charge in [-0.2, -0.15) is 0 Å². The summed E-state index contributed by atoms with van der Waals surface area (Å²) < 4.78 is 4.51. The molecule has 26 heavy (non-hydrogen) atoms. The zero-order valence-corrected chi connectivity index (χ0v) is 14.9. The van der Waals surface area contributed by atoms with E-state index in [1.807, 2.05) is 11.8 Å². The van der Waals surface area contributed by atoms with Crippen LogP contribution in [0.1, 0.15) is 25.3 Å². The van der Waals surface area contributed by atoms with Gasteiger partial charge in [-0.25, -0.2) is 4.79 Å². The number of carbonyl (C=O) groups is 2. The fraction of sp³-hybridized carbons (Fsp3) is 0.444. The van der Waals surface area contributed by atoms with Crippen molar-refractivity contribution in [3.8, 4) is 0 Å². The number of nitro groups is 1. The first-order valence-corrected chi connectivity index (χ1v) is 8.53. The SMILES string of the molecule is CCNC(=O)C1CCN(c2ccc(C=CC(=O)OC)cc2[N+](=O)[O-])CC1. The maximum atomic E-state index is 11.9. The Balaban J connectivity index is 2.14. The lowest BCUT2D eigenvalue weighted by atomic mass is 9.95. The topological polar surface area (TPSA) is 102 Å². The second-order valence-electron chi connectivity index (χ2n) is 6.02. The fourth-order valence-electron chi connectivity index (χ4n) is 2.99. The van der Waals surface area contributed by atoms with E-state index in [1.54, 1.807) is 12.1 Å². The normalized spacial score (nSPS) is 15.1. The highest BCUT2D eigenvalue weighted by molar-refractivity contribution is 5.87. The molecule has 1 heterocycles. The molecule has 140 valence electrons. The van der Waals surface area contributed by atoms with E-state index in [1.165, 1.54) is 25.3 Å². The largest absolute Gasteiger partial charge is 0.466 e. The molecule has 1 aliphatic heterocycles. The molecule has 0 aromatic heterocycles. The van der Waals surface area contributed by atoms with E-state index in [2.05, 4.69) is 10.1 Å². The molecule has 1 amide bonds. The minimum atomic E-state index is -0.524. The predicted octanol–water partition coefficient (Wildman–Crippen LogP) is 2.13. The van der Waals surface area contributed by atoms with Gasteiger partial charge in [-0.3, -0.25) is 14.9 Å². The molecule has 8 nitrogen and oxygen atoms in total. The second kappa shape index (κ2) is 8.98. The summed E-state index contributed by atoms with van der Waals surface area (Å²) in [5.41, 5.74) is 1.05. The molecule has 1 saturated heterocycles. The molecule has 0 aliphatic carbocycles. The van der Waals surface area contributed by atoms with Crippen LogP contribution in [0, 0.1) is 16.0 Å². The lowest BCUT2D eigenvalue weighted by Crippen LogP contribution is -2.40. The molecule has 0 unspecified atom stereocenters. The van der Waals surface area contributed by atoms with Gasteiger partial charge in [-0.15, -0.1) is 0 Å². The van der Waals surface area contributed by atoms with Gasteiger partial charge in [-0.1, -0.05) is 6.07 Å². The summed E-state index contributed by atoms with van der Waals surface area (Å²) >= 11 is 0. The first-order valence-electron chi connectivity index (χ1n) is 8.53. The molecule has 1 aromatic rings. The zero-order valence-electron chi connectivity index (χ0n) is 14.9. The van der Waals surface area contributed by atoms with Gasteiger partial charge in [0.05, 0.1) is 12.0 Å². The van der Waals surface area contributed by atoms with Crippen LogP contribution >= 0.6 is 0 Å². The van der Waals surface area contributed by atoms with Gasteiger partial charge in [0.1, 0.15) is 5.69 Å². The van der Waals surface area contributed by atoms with Crippen molar-refractivity contribution in [1.82, 2.24) is 5.32 Å². The third kappa shape index (κ3) is 4.81. The number of hydrogen-bond donors (Lipinski definition) is 1. The number of benzene rings is 1. The van der Waals surface area contributed by atoms with Crippen molar-refractivity contribution in [3.63, 3.8) is 0 Å². The van der Waals surface area contributed by atoms with Crippen LogP contribution in [0.15, 0.2) is 24.3 Å². The number of carbonyl (C=O) groups excluding carboxylic acids is 2. The maximum Gasteiger partial charge on any atom is 0.330 e. The van der Waals surface area contributed by atoms with Crippen molar-refractivity contribution < 1.29 is 19.2 Å². The molecule has 0 saturated carbocycles. The van der Waals surface area contributed by atoms with Crippen LogP contribution in [-0.2, 0) is 14.3 Å². The summed E-state index contributed by atoms with van der Waals surface area (Å²) in [4.78, 5) is 36.1. The van der Waals surface area contributed by atoms with Crippen LogP contribution in [0.3, 0.4) is 0 Å². The molecule has 0 bridgehead atoms. The summed E-state index contributed by atoms with van der Waals surface area (Å²) in [6, 6.07) is 4.84. The highest BCUT2D eigenvalue weighted by Gasteiger charge is 2.28. The summed E-state index contributed by atoms with van der Waals surface area (Å²) in [7, 11) is 1.27. The van der Waals surface area contributed by atoms with E-state index >= 15 is 0 Å². The number of nitrogens with zero attached hydrogens (tertiary/aromatic N) is 2. The summed E-state index contributed by atoms with van der Waals surface area (Å²) in [5, 5.41) is 14.3. The van der Waals surface area contributed by atoms with Crippen LogP contribution in [0.25, 0.3) is 6.08 Å². The first-order chi connectivity index (χ1) is 12.5. The molecule has 1 N–H and O–H groups in total. The Morgan fingerprint density at radius 1 is 1.38 bits per heavy atom. The first kappa shape index (κ1) is 19.4. The van der Waals surface area contributed by atoms with Gasteiger partial charge in [0.2, 0.25) is 5.91 Å². The van der Waals surface area contributed by atoms with E-state index in [-0.39, 0.29) is 17.5 Å². The average molecular weight is 361 g/mol. The Morgan fingerprint density at radius 2 is 2.08 bits per heavy atom. The number of ether oxygens (including phenoxy) is 1. The van der Waals surface area contributed by atoms with E-state index in [4.69, 9.17) is 0 Å². The summed E-state index contributed by atoms with van der Waals surface area (Å²) in [5.74, 6) is -0.526. The number of nitrogens with one attached hydrogen (secondary N) is 1. The van der Waals surface area contributed by atoms with Gasteiger partial charge >= 0.3 is 5.97 Å². The van der Waals surface area contributed by atoms with E-state index in [9.17, 15) is 19.7 Å². The van der Waals surface area contributed by atoms with Gasteiger partial charge < -0.3 is 15.0 Å². The third-order valence-corrected chi connectivity index (χ3v) is 4.37. The van der Waals surface area contributed by atoms with Crippen molar-refractivity contribution in [1.29, 1.82) is 0 Å². The predicted molar refractivity (Wildman–Crippen MR) is 97.8 cm³/mol. The van der Waals surface area contributed by atoms with Crippen molar-refractivity contribution >= 4 is 29.3 Å². The smallest absolute Gasteiger partial charge is 0.330 e. The molecule has 1 fully saturated rings. The van der Waals surface area contributed by atoms with Crippen LogP contribution in [0.4, 0.5) is 11.4 Å². The lowest BCUT2D eigenvalue weighted by Gasteiger charge is -2.32. The molecule has 1 aliphatic rings. The van der Waals surface area contributed by atoms with Gasteiger partial charge in [0.15, 0.2) is 0 Å². The number of rotatable bonds is 6. The Bertz CT molecular complexity index is 709. The number of methoxy groups -OCH3 is 1. The monoisotopic (exact) mass is 361 g/mol. The molecular formula is C18H23N3O5. The van der Waals surface area contributed by atoms with Crippen molar-refractivity contribution in [2.24, 2.45) is 5.92 Å². The summed E-state index contributed by atoms with van der Waals surface area (Å²) in [6.07, 6.45) is 4.01. The van der Waals surface area contributed by atoms with E-state index < -0.39 is 10.9 Å². The van der Waals surface area contributed by atoms with Crippen LogP contribution in [0.5, 0.6) is 0 Å². The number of amides is 1. The number of esters is 1. The minimum absolute atomic E-state index is 0.0199. The van der Waals surface area contributed by atoms with Crippen LogP contribution in [-0.4, -0.2) is 43.5 Å². The maximum absolute atomic E-state index is 11.9. The van der Waals surface area contributed by atoms with Gasteiger partial charge in [0.25, 0.3) is 5.69 Å². The Labute approximate surface area is 152 Å². The Morgan fingerprint density at radius 3 is 2.65 bits per heavy atom. The van der Waals surface area contributed by atoms with Gasteiger partial charge in [-0.05, 0) is 37.5 Å². The Kier molecular flexibility index (Phi) is 6.71.